The third-order valence-electron chi connectivity index (χ3n) is 5.47. The number of nitrogens with zero attached hydrogens (tertiary/aromatic N) is 1. The molecule has 2 nitrogen and oxygen atoms in total. The number of hydrogen-bond donors (Lipinski definition) is 1. The Morgan fingerprint density at radius 3 is 1.17 bits per heavy atom. The van der Waals surface area contributed by atoms with E-state index < -0.39 is 5.72 Å². The fourth-order valence-electron chi connectivity index (χ4n) is 3.23. The van der Waals surface area contributed by atoms with Gasteiger partial charge in [0, 0.05) is 0 Å². The first-order valence-corrected chi connectivity index (χ1v) is 10.9. The van der Waals surface area contributed by atoms with Gasteiger partial charge in [0.2, 0.25) is 0 Å². The lowest BCUT2D eigenvalue weighted by Crippen LogP contribution is -2.40. The normalized spacial score (nSPS) is 14.2. The van der Waals surface area contributed by atoms with Crippen molar-refractivity contribution in [2.45, 2.75) is 129 Å². The first-order valence-electron chi connectivity index (χ1n) is 10.9. The van der Waals surface area contributed by atoms with Crippen LogP contribution in [0.3, 0.4) is 0 Å². The van der Waals surface area contributed by atoms with Gasteiger partial charge in [0.15, 0.2) is 0 Å². The summed E-state index contributed by atoms with van der Waals surface area (Å²) in [7, 11) is 3.90. The Morgan fingerprint density at radius 1 is 0.583 bits per heavy atom. The van der Waals surface area contributed by atoms with Gasteiger partial charge < -0.3 is 5.11 Å². The highest BCUT2D eigenvalue weighted by Crippen LogP contribution is 2.18. The van der Waals surface area contributed by atoms with Crippen molar-refractivity contribution in [2.75, 3.05) is 14.1 Å². The highest BCUT2D eigenvalue weighted by molar-refractivity contribution is 4.68. The quantitative estimate of drug-likeness (QED) is 0.216. The molecule has 0 radical (unpaired) electrons. The molecule has 0 amide bonds. The molecule has 0 spiro atoms. The van der Waals surface area contributed by atoms with Crippen molar-refractivity contribution in [2.24, 2.45) is 0 Å². The van der Waals surface area contributed by atoms with Gasteiger partial charge in [0.25, 0.3) is 0 Å². The molecule has 0 aromatic carbocycles. The predicted octanol–water partition coefficient (Wildman–Crippen LogP) is 6.91. The van der Waals surface area contributed by atoms with Crippen LogP contribution >= 0.6 is 0 Å². The average Bonchev–Trinajstić information content (AvgIpc) is 2.54. The van der Waals surface area contributed by atoms with E-state index in [9.17, 15) is 5.11 Å². The molecular formula is C22H47NO. The summed E-state index contributed by atoms with van der Waals surface area (Å²) in [6.45, 7) is 4.20. The second-order valence-electron chi connectivity index (χ2n) is 8.16. The zero-order valence-electron chi connectivity index (χ0n) is 17.4. The minimum absolute atomic E-state index is 0.629. The molecule has 0 rings (SSSR count). The fraction of sp³-hybridized carbons (Fsp3) is 1.00. The summed E-state index contributed by atoms with van der Waals surface area (Å²) in [5, 5.41) is 10.1. The van der Waals surface area contributed by atoms with Crippen LogP contribution in [-0.4, -0.2) is 29.8 Å². The Labute approximate surface area is 153 Å². The first-order chi connectivity index (χ1) is 11.5. The van der Waals surface area contributed by atoms with Gasteiger partial charge in [-0.05, 0) is 33.9 Å². The smallest absolute Gasteiger partial charge is 0.115 e. The average molecular weight is 342 g/mol. The zero-order chi connectivity index (χ0) is 18.1. The molecule has 146 valence electrons. The number of aliphatic hydroxyl groups is 1. The summed E-state index contributed by atoms with van der Waals surface area (Å²) in [5.41, 5.74) is -0.629. The Balaban J connectivity index is 3.13. The summed E-state index contributed by atoms with van der Waals surface area (Å²) in [4.78, 5) is 1.91. The maximum Gasteiger partial charge on any atom is 0.115 e. The van der Waals surface area contributed by atoms with Crippen molar-refractivity contribution in [1.82, 2.24) is 4.90 Å². The lowest BCUT2D eigenvalue weighted by molar-refractivity contribution is -0.0734. The van der Waals surface area contributed by atoms with Crippen LogP contribution in [0.25, 0.3) is 0 Å². The summed E-state index contributed by atoms with van der Waals surface area (Å²) >= 11 is 0. The fourth-order valence-corrected chi connectivity index (χ4v) is 3.23. The molecule has 0 saturated heterocycles. The minimum atomic E-state index is -0.629. The zero-order valence-corrected chi connectivity index (χ0v) is 17.4. The van der Waals surface area contributed by atoms with E-state index in [0.717, 1.165) is 12.8 Å². The Bertz CT molecular complexity index is 250. The van der Waals surface area contributed by atoms with Crippen LogP contribution < -0.4 is 0 Å². The van der Waals surface area contributed by atoms with Gasteiger partial charge in [-0.3, -0.25) is 4.90 Å². The summed E-state index contributed by atoms with van der Waals surface area (Å²) in [6.07, 6.45) is 23.2. The van der Waals surface area contributed by atoms with Crippen molar-refractivity contribution in [1.29, 1.82) is 0 Å². The molecule has 0 aromatic heterocycles. The standard InChI is InChI=1S/C22H47NO/c1-5-6-7-8-9-10-11-12-13-14-15-16-17-18-19-20-21-22(2,24)23(3)4/h24H,5-21H2,1-4H3. The van der Waals surface area contributed by atoms with Gasteiger partial charge in [-0.2, -0.15) is 0 Å². The van der Waals surface area contributed by atoms with E-state index in [4.69, 9.17) is 0 Å². The maximum absolute atomic E-state index is 10.1. The monoisotopic (exact) mass is 341 g/mol. The van der Waals surface area contributed by atoms with Crippen LogP contribution in [0.1, 0.15) is 123 Å². The first kappa shape index (κ1) is 23.9. The van der Waals surface area contributed by atoms with Gasteiger partial charge in [0.05, 0.1) is 0 Å². The Hall–Kier alpha value is -0.0800. The van der Waals surface area contributed by atoms with Crippen LogP contribution in [0.5, 0.6) is 0 Å². The third kappa shape index (κ3) is 15.4. The van der Waals surface area contributed by atoms with Gasteiger partial charge in [-0.1, -0.05) is 103 Å². The van der Waals surface area contributed by atoms with Crippen molar-refractivity contribution in [3.63, 3.8) is 0 Å². The van der Waals surface area contributed by atoms with E-state index in [1.165, 1.54) is 96.3 Å². The molecular weight excluding hydrogens is 294 g/mol. The molecule has 1 atom stereocenters. The molecule has 1 unspecified atom stereocenters. The summed E-state index contributed by atoms with van der Waals surface area (Å²) in [6, 6.07) is 0. The van der Waals surface area contributed by atoms with Crippen molar-refractivity contribution >= 4 is 0 Å². The number of rotatable bonds is 18. The van der Waals surface area contributed by atoms with E-state index >= 15 is 0 Å². The number of hydrogen-bond acceptors (Lipinski definition) is 2. The van der Waals surface area contributed by atoms with Crippen LogP contribution in [-0.2, 0) is 0 Å². The predicted molar refractivity (Wildman–Crippen MR) is 108 cm³/mol. The van der Waals surface area contributed by atoms with Gasteiger partial charge in [0.1, 0.15) is 5.72 Å². The van der Waals surface area contributed by atoms with Crippen LogP contribution in [0.2, 0.25) is 0 Å². The molecule has 0 aromatic rings. The maximum atomic E-state index is 10.1. The summed E-state index contributed by atoms with van der Waals surface area (Å²) in [5.74, 6) is 0. The van der Waals surface area contributed by atoms with Gasteiger partial charge in [-0.15, -0.1) is 0 Å². The largest absolute Gasteiger partial charge is 0.376 e. The topological polar surface area (TPSA) is 23.5 Å². The number of unbranched alkanes of at least 4 members (excludes halogenated alkanes) is 15. The molecule has 0 fully saturated rings. The van der Waals surface area contributed by atoms with Crippen LogP contribution in [0.4, 0.5) is 0 Å². The molecule has 0 aliphatic carbocycles. The van der Waals surface area contributed by atoms with Crippen molar-refractivity contribution in [3.8, 4) is 0 Å². The Kier molecular flexibility index (Phi) is 16.3. The SMILES string of the molecule is CCCCCCCCCCCCCCCCCCC(C)(O)N(C)C. The molecule has 1 N–H and O–H groups in total. The second-order valence-corrected chi connectivity index (χ2v) is 8.16. The van der Waals surface area contributed by atoms with E-state index in [1.54, 1.807) is 0 Å². The van der Waals surface area contributed by atoms with E-state index in [-0.39, 0.29) is 0 Å². The molecule has 0 heterocycles. The highest BCUT2D eigenvalue weighted by Gasteiger charge is 2.21. The molecule has 0 bridgehead atoms. The highest BCUT2D eigenvalue weighted by atomic mass is 16.3. The van der Waals surface area contributed by atoms with Crippen LogP contribution in [0, 0.1) is 0 Å². The van der Waals surface area contributed by atoms with E-state index in [1.807, 2.05) is 25.9 Å². The lowest BCUT2D eigenvalue weighted by Gasteiger charge is -2.30. The minimum Gasteiger partial charge on any atom is -0.376 e. The van der Waals surface area contributed by atoms with Crippen LogP contribution in [0.15, 0.2) is 0 Å². The summed E-state index contributed by atoms with van der Waals surface area (Å²) < 4.78 is 0. The van der Waals surface area contributed by atoms with E-state index in [2.05, 4.69) is 6.92 Å². The Morgan fingerprint density at radius 2 is 0.875 bits per heavy atom. The molecule has 2 heteroatoms. The molecule has 0 saturated carbocycles. The molecule has 0 aliphatic rings. The van der Waals surface area contributed by atoms with Crippen molar-refractivity contribution in [3.05, 3.63) is 0 Å². The molecule has 24 heavy (non-hydrogen) atoms. The lowest BCUT2D eigenvalue weighted by atomic mass is 10.0. The van der Waals surface area contributed by atoms with E-state index in [0.29, 0.717) is 0 Å². The second kappa shape index (κ2) is 16.4. The van der Waals surface area contributed by atoms with Gasteiger partial charge in [-0.25, -0.2) is 0 Å². The third-order valence-corrected chi connectivity index (χ3v) is 5.47. The van der Waals surface area contributed by atoms with Gasteiger partial charge >= 0.3 is 0 Å². The van der Waals surface area contributed by atoms with Crippen molar-refractivity contribution < 1.29 is 5.11 Å². The molecule has 0 aliphatic heterocycles.